The fourth-order valence-electron chi connectivity index (χ4n) is 8.72. The Morgan fingerprint density at radius 1 is 0.226 bits per heavy atom. The average molecular weight is 825 g/mol. The average Bonchev–Trinajstić information content (AvgIpc) is 4.06. The second-order valence-electron chi connectivity index (χ2n) is 15.6. The molecule has 2 heterocycles. The summed E-state index contributed by atoms with van der Waals surface area (Å²) in [5.74, 6) is 0. The molecule has 2 aromatic heterocycles. The molecule has 0 N–H and O–H groups in total. The van der Waals surface area contributed by atoms with Gasteiger partial charge >= 0.3 is 0 Å². The first-order chi connectivity index (χ1) is 30.7. The van der Waals surface area contributed by atoms with Crippen LogP contribution in [0.25, 0.3) is 109 Å². The number of fused-ring (bicyclic) bond motifs is 2. The zero-order valence-corrected chi connectivity index (χ0v) is 35.5. The van der Waals surface area contributed by atoms with Gasteiger partial charge < -0.3 is 0 Å². The summed E-state index contributed by atoms with van der Waals surface area (Å²) in [6.45, 7) is 0. The van der Waals surface area contributed by atoms with Crippen LogP contribution in [-0.2, 0) is 0 Å². The Balaban J connectivity index is 1.09. The molecule has 0 amide bonds. The summed E-state index contributed by atoms with van der Waals surface area (Å²) in [5, 5.41) is 4.97. The monoisotopic (exact) mass is 824 g/mol. The van der Waals surface area contributed by atoms with Gasteiger partial charge in [0.1, 0.15) is 0 Å². The van der Waals surface area contributed by atoms with Gasteiger partial charge in [0, 0.05) is 19.5 Å². The minimum atomic E-state index is 1.17. The Morgan fingerprint density at radius 2 is 0.613 bits per heavy atom. The smallest absolute Gasteiger partial charge is 0.0349 e. The van der Waals surface area contributed by atoms with Crippen LogP contribution in [0, 0.1) is 0 Å². The van der Waals surface area contributed by atoms with Crippen LogP contribution < -0.4 is 0 Å². The predicted molar refractivity (Wildman–Crippen MR) is 271 cm³/mol. The maximum Gasteiger partial charge on any atom is 0.0349 e. The highest BCUT2D eigenvalue weighted by atomic mass is 32.1. The Kier molecular flexibility index (Phi) is 10.1. The summed E-state index contributed by atoms with van der Waals surface area (Å²) in [5.41, 5.74) is 14.6. The summed E-state index contributed by atoms with van der Waals surface area (Å²) in [7, 11) is 0. The third-order valence-electron chi connectivity index (χ3n) is 11.7. The number of rotatable bonds is 9. The van der Waals surface area contributed by atoms with Crippen molar-refractivity contribution in [2.45, 2.75) is 0 Å². The van der Waals surface area contributed by atoms with E-state index in [1.54, 1.807) is 0 Å². The van der Waals surface area contributed by atoms with Gasteiger partial charge in [-0.15, -0.1) is 22.7 Å². The van der Waals surface area contributed by atoms with Gasteiger partial charge in [0.25, 0.3) is 0 Å². The lowest BCUT2D eigenvalue weighted by atomic mass is 9.84. The Labute approximate surface area is 371 Å². The molecular weight excluding hydrogens is 785 g/mol. The first-order valence-corrected chi connectivity index (χ1v) is 22.7. The van der Waals surface area contributed by atoms with Gasteiger partial charge in [-0.05, 0) is 137 Å². The number of hydrogen-bond acceptors (Lipinski definition) is 2. The topological polar surface area (TPSA) is 0 Å². The van der Waals surface area contributed by atoms with Gasteiger partial charge in [-0.1, -0.05) is 194 Å². The van der Waals surface area contributed by atoms with Crippen LogP contribution in [0.5, 0.6) is 0 Å². The second-order valence-corrected chi connectivity index (χ2v) is 17.8. The molecule has 0 radical (unpaired) electrons. The fraction of sp³-hybridized carbons (Fsp3) is 0. The van der Waals surface area contributed by atoms with E-state index in [-0.39, 0.29) is 0 Å². The molecule has 0 spiro atoms. The zero-order valence-electron chi connectivity index (χ0n) is 33.9. The first-order valence-electron chi connectivity index (χ1n) is 21.1. The summed E-state index contributed by atoms with van der Waals surface area (Å²) < 4.78 is 0. The molecule has 0 saturated heterocycles. The molecule has 0 aliphatic carbocycles. The van der Waals surface area contributed by atoms with Crippen molar-refractivity contribution in [2.24, 2.45) is 0 Å². The SMILES string of the molecule is C(=C\c1cccc(-c2ccc3c(-c4cccc(-c5ccc(-c6ccccc6)s5)c4)c4ccccc4c(-c4cccc(-c5ccc(-c6ccccc6)s5)c4)c3c2)c1)/c1ccccc1. The molecule has 9 aromatic carbocycles. The third-order valence-corrected chi connectivity index (χ3v) is 14.1. The first kappa shape index (κ1) is 37.6. The molecule has 0 atom stereocenters. The largest absolute Gasteiger partial charge is 0.135 e. The maximum atomic E-state index is 2.43. The second kappa shape index (κ2) is 16.6. The standard InChI is InChI=1S/C60H40S2/c1-4-15-41(16-5-1)29-30-42-17-12-22-45(37-42)46-31-32-53-54(40-46)60(50-26-14-24-48(39-50)58-36-34-56(62-58)44-20-8-3-9-21-44)52-28-11-10-27-51(52)59(53)49-25-13-23-47(38-49)57-35-33-55(61-57)43-18-6-2-7-19-43/h1-40H/b30-29+. The van der Waals surface area contributed by atoms with Crippen molar-refractivity contribution in [3.05, 3.63) is 242 Å². The van der Waals surface area contributed by atoms with Crippen LogP contribution in [-0.4, -0.2) is 0 Å². The lowest BCUT2D eigenvalue weighted by Crippen LogP contribution is -1.92. The van der Waals surface area contributed by atoms with Crippen LogP contribution in [0.4, 0.5) is 0 Å². The van der Waals surface area contributed by atoms with E-state index in [4.69, 9.17) is 0 Å². The maximum absolute atomic E-state index is 2.43. The summed E-state index contributed by atoms with van der Waals surface area (Å²) in [4.78, 5) is 5.08. The van der Waals surface area contributed by atoms with Gasteiger partial charge in [0.15, 0.2) is 0 Å². The van der Waals surface area contributed by atoms with E-state index in [1.807, 2.05) is 22.7 Å². The van der Waals surface area contributed by atoms with E-state index >= 15 is 0 Å². The van der Waals surface area contributed by atoms with Crippen LogP contribution in [0.1, 0.15) is 11.1 Å². The molecule has 0 aliphatic heterocycles. The van der Waals surface area contributed by atoms with Crippen LogP contribution in [0.15, 0.2) is 231 Å². The Hall–Kier alpha value is -7.36. The van der Waals surface area contributed by atoms with E-state index in [1.165, 1.54) is 108 Å². The van der Waals surface area contributed by atoms with E-state index in [2.05, 4.69) is 243 Å². The molecule has 0 unspecified atom stereocenters. The van der Waals surface area contributed by atoms with Crippen LogP contribution in [0.3, 0.4) is 0 Å². The highest BCUT2D eigenvalue weighted by Gasteiger charge is 2.19. The minimum absolute atomic E-state index is 1.17. The third kappa shape index (κ3) is 7.41. The summed E-state index contributed by atoms with van der Waals surface area (Å²) >= 11 is 3.70. The lowest BCUT2D eigenvalue weighted by molar-refractivity contribution is 1.61. The Morgan fingerprint density at radius 3 is 1.19 bits per heavy atom. The normalized spacial score (nSPS) is 11.5. The van der Waals surface area contributed by atoms with Crippen LogP contribution >= 0.6 is 22.7 Å². The molecular formula is C60H40S2. The molecule has 2 heteroatoms. The molecule has 0 bridgehead atoms. The van der Waals surface area contributed by atoms with Crippen molar-refractivity contribution in [3.8, 4) is 75.1 Å². The number of hydrogen-bond donors (Lipinski definition) is 0. The highest BCUT2D eigenvalue weighted by molar-refractivity contribution is 7.19. The molecule has 11 aromatic rings. The van der Waals surface area contributed by atoms with Crippen LogP contribution in [0.2, 0.25) is 0 Å². The van der Waals surface area contributed by atoms with Crippen molar-refractivity contribution < 1.29 is 0 Å². The number of benzene rings is 9. The summed E-state index contributed by atoms with van der Waals surface area (Å²) in [6, 6.07) is 84.2. The highest BCUT2D eigenvalue weighted by Crippen LogP contribution is 2.47. The van der Waals surface area contributed by atoms with Crippen molar-refractivity contribution in [3.63, 3.8) is 0 Å². The van der Waals surface area contributed by atoms with Gasteiger partial charge in [-0.2, -0.15) is 0 Å². The van der Waals surface area contributed by atoms with Gasteiger partial charge in [0.05, 0.1) is 0 Å². The Bertz CT molecular complexity index is 3390. The van der Waals surface area contributed by atoms with Crippen molar-refractivity contribution in [1.82, 2.24) is 0 Å². The predicted octanol–water partition coefficient (Wildman–Crippen LogP) is 18.0. The van der Waals surface area contributed by atoms with Crippen molar-refractivity contribution in [2.75, 3.05) is 0 Å². The zero-order chi connectivity index (χ0) is 41.2. The van der Waals surface area contributed by atoms with Gasteiger partial charge in [-0.25, -0.2) is 0 Å². The number of thiophene rings is 2. The van der Waals surface area contributed by atoms with E-state index in [0.29, 0.717) is 0 Å². The lowest BCUT2D eigenvalue weighted by Gasteiger charge is -2.19. The molecule has 0 saturated carbocycles. The molecule has 11 rings (SSSR count). The summed E-state index contributed by atoms with van der Waals surface area (Å²) in [6.07, 6.45) is 4.39. The molecule has 62 heavy (non-hydrogen) atoms. The quantitative estimate of drug-likeness (QED) is 0.100. The minimum Gasteiger partial charge on any atom is -0.135 e. The van der Waals surface area contributed by atoms with Gasteiger partial charge in [-0.3, -0.25) is 0 Å². The van der Waals surface area contributed by atoms with E-state index in [0.717, 1.165) is 0 Å². The van der Waals surface area contributed by atoms with Crippen molar-refractivity contribution >= 4 is 56.4 Å². The molecule has 0 fully saturated rings. The fourth-order valence-corrected chi connectivity index (χ4v) is 10.7. The molecule has 0 nitrogen and oxygen atoms in total. The van der Waals surface area contributed by atoms with Gasteiger partial charge in [0.2, 0.25) is 0 Å². The van der Waals surface area contributed by atoms with Crippen molar-refractivity contribution in [1.29, 1.82) is 0 Å². The molecule has 292 valence electrons. The molecule has 0 aliphatic rings. The van der Waals surface area contributed by atoms with E-state index in [9.17, 15) is 0 Å². The van der Waals surface area contributed by atoms with E-state index < -0.39 is 0 Å².